The molecule has 0 fully saturated rings. The van der Waals surface area contributed by atoms with E-state index in [1.54, 1.807) is 0 Å². The van der Waals surface area contributed by atoms with Crippen molar-refractivity contribution in [3.05, 3.63) is 45.7 Å². The lowest BCUT2D eigenvalue weighted by atomic mass is 10.1. The summed E-state index contributed by atoms with van der Waals surface area (Å²) in [6.45, 7) is 10.5. The van der Waals surface area contributed by atoms with Gasteiger partial charge in [-0.05, 0) is 55.6 Å². The highest BCUT2D eigenvalue weighted by Gasteiger charge is 2.06. The van der Waals surface area contributed by atoms with Gasteiger partial charge in [-0.25, -0.2) is 4.68 Å². The second-order valence-electron chi connectivity index (χ2n) is 5.67. The molecule has 0 saturated carbocycles. The van der Waals surface area contributed by atoms with E-state index < -0.39 is 0 Å². The molecular weight excluding hydrogens is 314 g/mol. The van der Waals surface area contributed by atoms with Crippen molar-refractivity contribution in [3.8, 4) is 5.69 Å². The molecule has 0 aliphatic carbocycles. The van der Waals surface area contributed by atoms with E-state index in [4.69, 9.17) is 0 Å². The van der Waals surface area contributed by atoms with Crippen molar-refractivity contribution in [1.82, 2.24) is 15.1 Å². The lowest BCUT2D eigenvalue weighted by molar-refractivity contribution is 0.546. The Bertz CT molecular complexity index is 564. The zero-order chi connectivity index (χ0) is 14.7. The van der Waals surface area contributed by atoms with E-state index >= 15 is 0 Å². The number of hydrogen-bond donors (Lipinski definition) is 1. The Kier molecular flexibility index (Phi) is 5.00. The minimum absolute atomic E-state index is 0.661. The van der Waals surface area contributed by atoms with Gasteiger partial charge in [0.05, 0.1) is 11.4 Å². The van der Waals surface area contributed by atoms with Gasteiger partial charge in [-0.3, -0.25) is 0 Å². The quantitative estimate of drug-likeness (QED) is 0.894. The third kappa shape index (κ3) is 3.70. The van der Waals surface area contributed by atoms with Gasteiger partial charge in [-0.2, -0.15) is 5.10 Å². The van der Waals surface area contributed by atoms with Crippen LogP contribution in [-0.2, 0) is 6.54 Å². The van der Waals surface area contributed by atoms with E-state index in [-0.39, 0.29) is 0 Å². The number of benzene rings is 1. The molecular formula is C16H22BrN3. The van der Waals surface area contributed by atoms with Crippen LogP contribution in [0.5, 0.6) is 0 Å². The predicted octanol–water partition coefficient (Wildman–Crippen LogP) is 4.00. The lowest BCUT2D eigenvalue weighted by Gasteiger charge is -2.08. The summed E-state index contributed by atoms with van der Waals surface area (Å²) < 4.78 is 3.12. The first-order chi connectivity index (χ1) is 9.47. The van der Waals surface area contributed by atoms with Crippen LogP contribution in [0.2, 0.25) is 0 Å². The molecule has 4 heteroatoms. The van der Waals surface area contributed by atoms with Gasteiger partial charge >= 0.3 is 0 Å². The Labute approximate surface area is 129 Å². The fourth-order valence-electron chi connectivity index (χ4n) is 2.14. The predicted molar refractivity (Wildman–Crippen MR) is 87.3 cm³/mol. The van der Waals surface area contributed by atoms with Crippen molar-refractivity contribution in [3.63, 3.8) is 0 Å². The third-order valence-electron chi connectivity index (χ3n) is 3.19. The molecule has 2 rings (SSSR count). The summed E-state index contributed by atoms with van der Waals surface area (Å²) in [5.74, 6) is 0.661. The summed E-state index contributed by atoms with van der Waals surface area (Å²) in [7, 11) is 0. The normalized spacial score (nSPS) is 11.3. The molecule has 20 heavy (non-hydrogen) atoms. The van der Waals surface area contributed by atoms with E-state index in [9.17, 15) is 0 Å². The van der Waals surface area contributed by atoms with Crippen LogP contribution >= 0.6 is 15.9 Å². The first-order valence-electron chi connectivity index (χ1n) is 6.99. The highest BCUT2D eigenvalue weighted by Crippen LogP contribution is 2.24. The monoisotopic (exact) mass is 335 g/mol. The number of nitrogens with zero attached hydrogens (tertiary/aromatic N) is 2. The lowest BCUT2D eigenvalue weighted by Crippen LogP contribution is -2.19. The maximum atomic E-state index is 4.63. The van der Waals surface area contributed by atoms with Crippen LogP contribution in [0.25, 0.3) is 5.69 Å². The Morgan fingerprint density at radius 3 is 2.50 bits per heavy atom. The fourth-order valence-corrected chi connectivity index (χ4v) is 2.37. The van der Waals surface area contributed by atoms with Crippen molar-refractivity contribution < 1.29 is 0 Å². The van der Waals surface area contributed by atoms with Crippen LogP contribution in [0.3, 0.4) is 0 Å². The molecule has 3 nitrogen and oxygen atoms in total. The molecule has 0 saturated heterocycles. The topological polar surface area (TPSA) is 29.9 Å². The molecule has 0 bridgehead atoms. The second-order valence-corrected chi connectivity index (χ2v) is 6.46. The maximum absolute atomic E-state index is 4.63. The Hall–Kier alpha value is -1.13. The molecule has 108 valence electrons. The Balaban J connectivity index is 2.12. The molecule has 0 unspecified atom stereocenters. The van der Waals surface area contributed by atoms with Crippen molar-refractivity contribution in [2.24, 2.45) is 5.92 Å². The van der Waals surface area contributed by atoms with Gasteiger partial charge in [0.2, 0.25) is 0 Å². The molecule has 0 aliphatic heterocycles. The van der Waals surface area contributed by atoms with E-state index in [1.165, 1.54) is 15.6 Å². The zero-order valence-corrected chi connectivity index (χ0v) is 14.2. The first-order valence-corrected chi connectivity index (χ1v) is 7.79. The zero-order valence-electron chi connectivity index (χ0n) is 12.6. The second kappa shape index (κ2) is 6.55. The summed E-state index contributed by atoms with van der Waals surface area (Å²) in [6, 6.07) is 6.37. The van der Waals surface area contributed by atoms with Gasteiger partial charge in [0, 0.05) is 17.2 Å². The van der Waals surface area contributed by atoms with Gasteiger partial charge in [0.1, 0.15) is 0 Å². The highest BCUT2D eigenvalue weighted by atomic mass is 79.9. The molecule has 0 aliphatic rings. The molecule has 2 aromatic rings. The molecule has 0 radical (unpaired) electrons. The van der Waals surface area contributed by atoms with Gasteiger partial charge in [0.25, 0.3) is 0 Å². The molecule has 0 amide bonds. The SMILES string of the molecule is Cc1cc(-n2ccc(CNCC(C)C)n2)cc(C)c1Br. The van der Waals surface area contributed by atoms with E-state index in [2.05, 4.69) is 72.2 Å². The summed E-state index contributed by atoms with van der Waals surface area (Å²) in [5, 5.41) is 8.04. The van der Waals surface area contributed by atoms with Crippen LogP contribution < -0.4 is 5.32 Å². The Morgan fingerprint density at radius 1 is 1.25 bits per heavy atom. The van der Waals surface area contributed by atoms with Crippen LogP contribution in [0.15, 0.2) is 28.9 Å². The maximum Gasteiger partial charge on any atom is 0.0766 e. The Morgan fingerprint density at radius 2 is 1.90 bits per heavy atom. The molecule has 0 spiro atoms. The number of halogens is 1. The van der Waals surface area contributed by atoms with Gasteiger partial charge in [0.15, 0.2) is 0 Å². The first kappa shape index (κ1) is 15.3. The van der Waals surface area contributed by atoms with Crippen LogP contribution in [0, 0.1) is 19.8 Å². The largest absolute Gasteiger partial charge is 0.311 e. The van der Waals surface area contributed by atoms with Crippen molar-refractivity contribution in [1.29, 1.82) is 0 Å². The summed E-state index contributed by atoms with van der Waals surface area (Å²) in [6.07, 6.45) is 2.02. The summed E-state index contributed by atoms with van der Waals surface area (Å²) in [5.41, 5.74) is 4.65. The van der Waals surface area contributed by atoms with Crippen LogP contribution in [0.4, 0.5) is 0 Å². The number of rotatable bonds is 5. The average Bonchev–Trinajstić information content (AvgIpc) is 2.83. The van der Waals surface area contributed by atoms with Crippen molar-refractivity contribution in [2.75, 3.05) is 6.54 Å². The summed E-state index contributed by atoms with van der Waals surface area (Å²) >= 11 is 3.60. The molecule has 0 atom stereocenters. The standard InChI is InChI=1S/C16H22BrN3/c1-11(2)9-18-10-14-5-6-20(19-14)15-7-12(3)16(17)13(4)8-15/h5-8,11,18H,9-10H2,1-4H3. The highest BCUT2D eigenvalue weighted by molar-refractivity contribution is 9.10. The van der Waals surface area contributed by atoms with Crippen molar-refractivity contribution in [2.45, 2.75) is 34.2 Å². The average molecular weight is 336 g/mol. The van der Waals surface area contributed by atoms with Crippen LogP contribution in [0.1, 0.15) is 30.7 Å². The number of hydrogen-bond acceptors (Lipinski definition) is 2. The van der Waals surface area contributed by atoms with Crippen molar-refractivity contribution >= 4 is 15.9 Å². The summed E-state index contributed by atoms with van der Waals surface area (Å²) in [4.78, 5) is 0. The third-order valence-corrected chi connectivity index (χ3v) is 4.44. The van der Waals surface area contributed by atoms with E-state index in [1.807, 2.05) is 10.9 Å². The van der Waals surface area contributed by atoms with Crippen LogP contribution in [-0.4, -0.2) is 16.3 Å². The smallest absolute Gasteiger partial charge is 0.0766 e. The van der Waals surface area contributed by atoms with Gasteiger partial charge < -0.3 is 5.32 Å². The number of aryl methyl sites for hydroxylation is 2. The van der Waals surface area contributed by atoms with E-state index in [0.29, 0.717) is 5.92 Å². The minimum atomic E-state index is 0.661. The molecule has 1 aromatic heterocycles. The molecule has 1 heterocycles. The number of aromatic nitrogens is 2. The molecule has 1 N–H and O–H groups in total. The molecule has 1 aromatic carbocycles. The van der Waals surface area contributed by atoms with E-state index in [0.717, 1.165) is 24.5 Å². The van der Waals surface area contributed by atoms with Gasteiger partial charge in [-0.1, -0.05) is 29.8 Å². The minimum Gasteiger partial charge on any atom is -0.311 e. The number of nitrogens with one attached hydrogen (secondary N) is 1. The fraction of sp³-hybridized carbons (Fsp3) is 0.438. The van der Waals surface area contributed by atoms with Gasteiger partial charge in [-0.15, -0.1) is 0 Å².